The van der Waals surface area contributed by atoms with Crippen LogP contribution >= 0.6 is 15.9 Å². The van der Waals surface area contributed by atoms with Crippen molar-refractivity contribution in [2.75, 3.05) is 0 Å². The number of halogens is 1. The van der Waals surface area contributed by atoms with E-state index in [2.05, 4.69) is 35.9 Å². The van der Waals surface area contributed by atoms with Crippen molar-refractivity contribution in [3.05, 3.63) is 10.6 Å². The average Bonchev–Trinajstić information content (AvgIpc) is 1.80. The molecule has 1 heteroatoms. The zero-order chi connectivity index (χ0) is 7.11. The highest BCUT2D eigenvalue weighted by Gasteiger charge is 1.82. The van der Waals surface area contributed by atoms with E-state index in [1.54, 1.807) is 0 Å². The smallest absolute Gasteiger partial charge is 0.0120 e. The van der Waals surface area contributed by atoms with Crippen molar-refractivity contribution in [2.24, 2.45) is 0 Å². The Bertz CT molecular complexity index is 80.6. The Hall–Kier alpha value is 0.220. The van der Waals surface area contributed by atoms with Gasteiger partial charge in [-0.2, -0.15) is 0 Å². The van der Waals surface area contributed by atoms with Crippen LogP contribution in [0.2, 0.25) is 0 Å². The standard InChI is InChI=1S/C8H15Br/c1-3-4-5-6-7-8(2)9/h7H,3-6H2,1-2H3/b8-7-. The second-order valence-corrected chi connectivity index (χ2v) is 3.54. The molecule has 0 saturated heterocycles. The summed E-state index contributed by atoms with van der Waals surface area (Å²) in [6, 6.07) is 0. The highest BCUT2D eigenvalue weighted by molar-refractivity contribution is 9.11. The molecule has 0 aromatic rings. The van der Waals surface area contributed by atoms with Gasteiger partial charge in [-0.05, 0) is 24.2 Å². The molecule has 0 unspecified atom stereocenters. The molecule has 0 fully saturated rings. The maximum Gasteiger partial charge on any atom is -0.0120 e. The summed E-state index contributed by atoms with van der Waals surface area (Å²) in [7, 11) is 0. The summed E-state index contributed by atoms with van der Waals surface area (Å²) in [5, 5.41) is 0. The Morgan fingerprint density at radius 2 is 2.11 bits per heavy atom. The molecule has 0 aliphatic rings. The van der Waals surface area contributed by atoms with Crippen molar-refractivity contribution in [2.45, 2.75) is 39.5 Å². The van der Waals surface area contributed by atoms with Crippen molar-refractivity contribution >= 4 is 15.9 Å². The Labute approximate surface area is 66.5 Å². The lowest BCUT2D eigenvalue weighted by Gasteiger charge is -1.91. The van der Waals surface area contributed by atoms with Gasteiger partial charge in [0.15, 0.2) is 0 Å². The fraction of sp³-hybridized carbons (Fsp3) is 0.750. The maximum absolute atomic E-state index is 3.39. The minimum Gasteiger partial charge on any atom is -0.0747 e. The molecule has 0 bridgehead atoms. The van der Waals surface area contributed by atoms with Crippen LogP contribution in [0.3, 0.4) is 0 Å². The van der Waals surface area contributed by atoms with Crippen LogP contribution < -0.4 is 0 Å². The van der Waals surface area contributed by atoms with E-state index in [-0.39, 0.29) is 0 Å². The van der Waals surface area contributed by atoms with E-state index in [1.165, 1.54) is 30.2 Å². The molecule has 0 aliphatic carbocycles. The van der Waals surface area contributed by atoms with Crippen molar-refractivity contribution in [1.29, 1.82) is 0 Å². The first kappa shape index (κ1) is 9.22. The Morgan fingerprint density at radius 3 is 2.56 bits per heavy atom. The molecule has 0 amide bonds. The topological polar surface area (TPSA) is 0 Å². The van der Waals surface area contributed by atoms with Gasteiger partial charge in [-0.25, -0.2) is 0 Å². The van der Waals surface area contributed by atoms with Gasteiger partial charge >= 0.3 is 0 Å². The summed E-state index contributed by atoms with van der Waals surface area (Å²) in [6.45, 7) is 4.30. The molecule has 0 radical (unpaired) electrons. The molecule has 0 N–H and O–H groups in total. The minimum atomic E-state index is 1.23. The summed E-state index contributed by atoms with van der Waals surface area (Å²) in [6.07, 6.45) is 7.46. The van der Waals surface area contributed by atoms with E-state index in [0.717, 1.165) is 0 Å². The van der Waals surface area contributed by atoms with E-state index in [1.807, 2.05) is 0 Å². The molecule has 0 aromatic carbocycles. The number of hydrogen-bond acceptors (Lipinski definition) is 0. The monoisotopic (exact) mass is 190 g/mol. The molecule has 0 spiro atoms. The van der Waals surface area contributed by atoms with Crippen LogP contribution in [-0.2, 0) is 0 Å². The molecule has 0 atom stereocenters. The highest BCUT2D eigenvalue weighted by atomic mass is 79.9. The van der Waals surface area contributed by atoms with Gasteiger partial charge < -0.3 is 0 Å². The summed E-state index contributed by atoms with van der Waals surface area (Å²) in [4.78, 5) is 0. The van der Waals surface area contributed by atoms with Gasteiger partial charge in [0.1, 0.15) is 0 Å². The molecule has 0 aliphatic heterocycles. The lowest BCUT2D eigenvalue weighted by atomic mass is 10.2. The van der Waals surface area contributed by atoms with Crippen LogP contribution in [0.15, 0.2) is 10.6 Å². The third kappa shape index (κ3) is 8.22. The molecular weight excluding hydrogens is 176 g/mol. The first-order chi connectivity index (χ1) is 4.27. The number of allylic oxidation sites excluding steroid dienone is 2. The predicted molar refractivity (Wildman–Crippen MR) is 46.8 cm³/mol. The van der Waals surface area contributed by atoms with Gasteiger partial charge in [-0.3, -0.25) is 0 Å². The van der Waals surface area contributed by atoms with Crippen LogP contribution in [0.25, 0.3) is 0 Å². The molecule has 0 saturated carbocycles. The SMILES string of the molecule is CCCCC/C=C(/C)Br. The van der Waals surface area contributed by atoms with Crippen molar-refractivity contribution < 1.29 is 0 Å². The lowest BCUT2D eigenvalue weighted by molar-refractivity contribution is 0.728. The Balaban J connectivity index is 3.00. The van der Waals surface area contributed by atoms with Gasteiger partial charge in [-0.1, -0.05) is 41.8 Å². The second-order valence-electron chi connectivity index (χ2n) is 2.29. The lowest BCUT2D eigenvalue weighted by Crippen LogP contribution is -1.70. The van der Waals surface area contributed by atoms with Crippen LogP contribution in [-0.4, -0.2) is 0 Å². The van der Waals surface area contributed by atoms with Gasteiger partial charge in [0, 0.05) is 0 Å². The highest BCUT2D eigenvalue weighted by Crippen LogP contribution is 2.06. The van der Waals surface area contributed by atoms with Crippen molar-refractivity contribution in [3.63, 3.8) is 0 Å². The third-order valence-corrected chi connectivity index (χ3v) is 1.56. The molecule has 54 valence electrons. The summed E-state index contributed by atoms with van der Waals surface area (Å²) < 4.78 is 1.26. The first-order valence-electron chi connectivity index (χ1n) is 3.59. The van der Waals surface area contributed by atoms with Crippen LogP contribution in [0.1, 0.15) is 39.5 Å². The van der Waals surface area contributed by atoms with Gasteiger partial charge in [0.05, 0.1) is 0 Å². The van der Waals surface area contributed by atoms with Crippen LogP contribution in [0, 0.1) is 0 Å². The minimum absolute atomic E-state index is 1.23. The molecular formula is C8H15Br. The second kappa shape index (κ2) is 6.34. The van der Waals surface area contributed by atoms with Gasteiger partial charge in [0.2, 0.25) is 0 Å². The number of rotatable bonds is 4. The predicted octanol–water partition coefficient (Wildman–Crippen LogP) is 3.87. The Morgan fingerprint density at radius 1 is 1.44 bits per heavy atom. The fourth-order valence-corrected chi connectivity index (χ4v) is 0.924. The quantitative estimate of drug-likeness (QED) is 0.591. The van der Waals surface area contributed by atoms with Gasteiger partial charge in [-0.15, -0.1) is 0 Å². The number of hydrogen-bond donors (Lipinski definition) is 0. The molecule has 0 rings (SSSR count). The summed E-state index contributed by atoms with van der Waals surface area (Å²) >= 11 is 3.39. The number of unbranched alkanes of at least 4 members (excludes halogenated alkanes) is 3. The Kier molecular flexibility index (Phi) is 6.50. The zero-order valence-electron chi connectivity index (χ0n) is 6.28. The molecule has 0 heterocycles. The third-order valence-electron chi connectivity index (χ3n) is 1.23. The average molecular weight is 191 g/mol. The fourth-order valence-electron chi connectivity index (χ4n) is 0.695. The molecule has 0 nitrogen and oxygen atoms in total. The van der Waals surface area contributed by atoms with Gasteiger partial charge in [0.25, 0.3) is 0 Å². The largest absolute Gasteiger partial charge is 0.0747 e. The van der Waals surface area contributed by atoms with E-state index in [9.17, 15) is 0 Å². The van der Waals surface area contributed by atoms with E-state index >= 15 is 0 Å². The zero-order valence-corrected chi connectivity index (χ0v) is 7.87. The van der Waals surface area contributed by atoms with E-state index in [4.69, 9.17) is 0 Å². The first-order valence-corrected chi connectivity index (χ1v) is 4.39. The van der Waals surface area contributed by atoms with E-state index in [0.29, 0.717) is 0 Å². The summed E-state index contributed by atoms with van der Waals surface area (Å²) in [5.41, 5.74) is 0. The normalized spacial score (nSPS) is 12.1. The van der Waals surface area contributed by atoms with Crippen LogP contribution in [0.4, 0.5) is 0 Å². The summed E-state index contributed by atoms with van der Waals surface area (Å²) in [5.74, 6) is 0. The van der Waals surface area contributed by atoms with Crippen molar-refractivity contribution in [3.8, 4) is 0 Å². The molecule has 0 aromatic heterocycles. The van der Waals surface area contributed by atoms with Crippen molar-refractivity contribution in [1.82, 2.24) is 0 Å². The maximum atomic E-state index is 3.39. The molecule has 9 heavy (non-hydrogen) atoms. The van der Waals surface area contributed by atoms with Crippen LogP contribution in [0.5, 0.6) is 0 Å². The van der Waals surface area contributed by atoms with E-state index < -0.39 is 0 Å².